The molecule has 0 aliphatic heterocycles. The molecule has 1 aromatic carbocycles. The summed E-state index contributed by atoms with van der Waals surface area (Å²) in [4.78, 5) is 39.3. The molecule has 2 aliphatic carbocycles. The van der Waals surface area contributed by atoms with E-state index in [1.807, 2.05) is 20.8 Å². The minimum Gasteiger partial charge on any atom is -0.443 e. The van der Waals surface area contributed by atoms with E-state index >= 15 is 0 Å². The van der Waals surface area contributed by atoms with Gasteiger partial charge in [0.1, 0.15) is 17.3 Å². The van der Waals surface area contributed by atoms with Gasteiger partial charge in [-0.05, 0) is 63.1 Å². The van der Waals surface area contributed by atoms with Crippen molar-refractivity contribution in [2.24, 2.45) is 22.7 Å². The first-order valence-corrected chi connectivity index (χ1v) is 10.4. The van der Waals surface area contributed by atoms with Crippen LogP contribution in [0.15, 0.2) is 18.2 Å². The number of carbonyl (C=O) groups is 3. The monoisotopic (exact) mass is 438 g/mol. The molecular formula is C22H28ClFN2O4. The number of rotatable bonds is 2. The van der Waals surface area contributed by atoms with Crippen LogP contribution in [0.5, 0.6) is 0 Å². The summed E-state index contributed by atoms with van der Waals surface area (Å²) in [5.74, 6) is -2.40. The Morgan fingerprint density at radius 2 is 1.90 bits per heavy atom. The molecule has 0 radical (unpaired) electrons. The molecule has 0 saturated heterocycles. The van der Waals surface area contributed by atoms with E-state index in [0.717, 1.165) is 30.0 Å². The Balaban J connectivity index is 1.99. The van der Waals surface area contributed by atoms with Crippen LogP contribution >= 0.6 is 11.6 Å². The van der Waals surface area contributed by atoms with Crippen LogP contribution in [0.4, 0.5) is 14.9 Å². The van der Waals surface area contributed by atoms with Gasteiger partial charge < -0.3 is 4.74 Å². The zero-order valence-electron chi connectivity index (χ0n) is 18.1. The van der Waals surface area contributed by atoms with Gasteiger partial charge in [0.25, 0.3) is 5.91 Å². The normalized spacial score (nSPS) is 27.1. The Kier molecular flexibility index (Phi) is 5.42. The molecular weight excluding hydrogens is 411 g/mol. The topological polar surface area (TPSA) is 75.7 Å². The third-order valence-electron chi connectivity index (χ3n) is 6.77. The maximum absolute atomic E-state index is 13.6. The summed E-state index contributed by atoms with van der Waals surface area (Å²) >= 11 is 6.18. The van der Waals surface area contributed by atoms with Crippen LogP contribution in [0.2, 0.25) is 5.02 Å². The molecule has 1 N–H and O–H groups in total. The molecule has 8 heteroatoms. The van der Waals surface area contributed by atoms with Crippen molar-refractivity contribution in [3.63, 3.8) is 0 Å². The minimum atomic E-state index is -0.921. The number of nitrogens with zero attached hydrogens (tertiary/aromatic N) is 1. The first kappa shape index (κ1) is 22.5. The number of Topliss-reactive ketones (excluding diaryl/α,β-unsaturated/α-hetero) is 1. The lowest BCUT2D eigenvalue weighted by atomic mass is 9.70. The van der Waals surface area contributed by atoms with Crippen molar-refractivity contribution in [2.75, 3.05) is 5.01 Å². The van der Waals surface area contributed by atoms with E-state index in [0.29, 0.717) is 0 Å². The van der Waals surface area contributed by atoms with Crippen molar-refractivity contribution in [3.05, 3.63) is 29.0 Å². The van der Waals surface area contributed by atoms with Crippen LogP contribution in [-0.4, -0.2) is 23.4 Å². The Morgan fingerprint density at radius 1 is 1.27 bits per heavy atom. The number of benzene rings is 1. The maximum atomic E-state index is 13.6. The molecule has 1 aromatic rings. The fourth-order valence-electron chi connectivity index (χ4n) is 4.80. The highest BCUT2D eigenvalue weighted by Gasteiger charge is 2.68. The molecule has 1 unspecified atom stereocenters. The van der Waals surface area contributed by atoms with Crippen molar-refractivity contribution in [3.8, 4) is 0 Å². The van der Waals surface area contributed by atoms with E-state index in [2.05, 4.69) is 5.43 Å². The van der Waals surface area contributed by atoms with Gasteiger partial charge >= 0.3 is 6.09 Å². The van der Waals surface area contributed by atoms with Gasteiger partial charge in [0, 0.05) is 5.41 Å². The molecule has 2 bridgehead atoms. The number of nitrogens with one attached hydrogen (secondary N) is 1. The quantitative estimate of drug-likeness (QED) is 0.526. The van der Waals surface area contributed by atoms with Gasteiger partial charge in [-0.2, -0.15) is 0 Å². The van der Waals surface area contributed by atoms with E-state index in [-0.39, 0.29) is 27.8 Å². The molecule has 2 aliphatic rings. The average molecular weight is 439 g/mol. The zero-order valence-corrected chi connectivity index (χ0v) is 18.9. The second-order valence-corrected chi connectivity index (χ2v) is 10.3. The Labute approximate surface area is 181 Å². The number of fused-ring (bicyclic) bond motifs is 2. The molecule has 2 amide bonds. The number of halogens is 2. The van der Waals surface area contributed by atoms with Gasteiger partial charge in [-0.25, -0.2) is 19.6 Å². The Hall–Kier alpha value is -2.15. The van der Waals surface area contributed by atoms with Crippen LogP contribution in [0.1, 0.15) is 54.4 Å². The van der Waals surface area contributed by atoms with Gasteiger partial charge in [0.2, 0.25) is 0 Å². The molecule has 0 spiro atoms. The molecule has 0 aromatic heterocycles. The Morgan fingerprint density at radius 3 is 2.40 bits per heavy atom. The van der Waals surface area contributed by atoms with Crippen LogP contribution < -0.4 is 10.4 Å². The van der Waals surface area contributed by atoms with E-state index in [4.69, 9.17) is 16.3 Å². The second-order valence-electron chi connectivity index (χ2n) is 9.92. The second kappa shape index (κ2) is 7.22. The van der Waals surface area contributed by atoms with Crippen molar-refractivity contribution in [1.29, 1.82) is 0 Å². The molecule has 6 nitrogen and oxygen atoms in total. The van der Waals surface area contributed by atoms with E-state index < -0.39 is 34.8 Å². The number of amides is 2. The van der Waals surface area contributed by atoms with Crippen molar-refractivity contribution < 1.29 is 23.5 Å². The number of hydrogen-bond acceptors (Lipinski definition) is 4. The molecule has 2 fully saturated rings. The molecule has 3 rings (SSSR count). The maximum Gasteiger partial charge on any atom is 0.427 e. The average Bonchev–Trinajstić information content (AvgIpc) is 2.90. The summed E-state index contributed by atoms with van der Waals surface area (Å²) in [6.45, 7) is 11.0. The SMILES string of the molecule is CC(C)(C)OC(=O)NN(C(=O)C1C(=O)[C@@]2(C)CC[C@@H]1C2(C)C)c1ccc(F)cc1Cl. The van der Waals surface area contributed by atoms with Crippen LogP contribution in [0.25, 0.3) is 0 Å². The van der Waals surface area contributed by atoms with Crippen molar-refractivity contribution >= 4 is 35.1 Å². The predicted molar refractivity (Wildman–Crippen MR) is 111 cm³/mol. The van der Waals surface area contributed by atoms with Gasteiger partial charge in [-0.3, -0.25) is 9.59 Å². The fraction of sp³-hybridized carbons (Fsp3) is 0.591. The molecule has 164 valence electrons. The van der Waals surface area contributed by atoms with Crippen molar-refractivity contribution in [2.45, 2.75) is 60.0 Å². The van der Waals surface area contributed by atoms with Gasteiger partial charge in [0.15, 0.2) is 5.78 Å². The summed E-state index contributed by atoms with van der Waals surface area (Å²) in [6, 6.07) is 3.46. The smallest absolute Gasteiger partial charge is 0.427 e. The fourth-order valence-corrected chi connectivity index (χ4v) is 5.05. The number of ether oxygens (including phenoxy) is 1. The molecule has 3 atom stereocenters. The first-order chi connectivity index (χ1) is 13.7. The lowest BCUT2D eigenvalue weighted by Crippen LogP contribution is -2.53. The highest BCUT2D eigenvalue weighted by atomic mass is 35.5. The lowest BCUT2D eigenvalue weighted by molar-refractivity contribution is -0.138. The standard InChI is InChI=1S/C22H28ClFN2O4/c1-20(2,3)30-19(29)25-26(15-8-7-12(24)11-14(15)23)18(28)16-13-9-10-22(6,17(16)27)21(13,4)5/h7-8,11,13,16H,9-10H2,1-6H3,(H,25,29)/t13-,16?,22+/m0/s1. The summed E-state index contributed by atoms with van der Waals surface area (Å²) in [5.41, 5.74) is 0.723. The summed E-state index contributed by atoms with van der Waals surface area (Å²) in [5, 5.41) is 0.860. The molecule has 0 heterocycles. The lowest BCUT2D eigenvalue weighted by Gasteiger charge is -2.32. The highest BCUT2D eigenvalue weighted by Crippen LogP contribution is 2.66. The van der Waals surface area contributed by atoms with Gasteiger partial charge in [-0.1, -0.05) is 32.4 Å². The number of anilines is 1. The predicted octanol–water partition coefficient (Wildman–Crippen LogP) is 4.89. The Bertz CT molecular complexity index is 911. The van der Waals surface area contributed by atoms with Crippen LogP contribution in [0.3, 0.4) is 0 Å². The van der Waals surface area contributed by atoms with Crippen LogP contribution in [-0.2, 0) is 14.3 Å². The zero-order chi connectivity index (χ0) is 22.6. The first-order valence-electron chi connectivity index (χ1n) is 10.0. The largest absolute Gasteiger partial charge is 0.443 e. The number of carbonyl (C=O) groups excluding carboxylic acids is 3. The van der Waals surface area contributed by atoms with E-state index in [1.165, 1.54) is 6.07 Å². The van der Waals surface area contributed by atoms with Gasteiger partial charge in [-0.15, -0.1) is 0 Å². The molecule has 2 saturated carbocycles. The minimum absolute atomic E-state index is 0.0690. The third-order valence-corrected chi connectivity index (χ3v) is 7.07. The van der Waals surface area contributed by atoms with Crippen molar-refractivity contribution in [1.82, 2.24) is 5.43 Å². The van der Waals surface area contributed by atoms with Gasteiger partial charge in [0.05, 0.1) is 10.7 Å². The summed E-state index contributed by atoms with van der Waals surface area (Å²) < 4.78 is 18.9. The van der Waals surface area contributed by atoms with E-state index in [1.54, 1.807) is 20.8 Å². The van der Waals surface area contributed by atoms with E-state index in [9.17, 15) is 18.8 Å². The summed E-state index contributed by atoms with van der Waals surface area (Å²) in [6.07, 6.45) is 0.588. The van der Waals surface area contributed by atoms with Crippen LogP contribution in [0, 0.1) is 28.5 Å². The highest BCUT2D eigenvalue weighted by molar-refractivity contribution is 6.34. The number of hydrazine groups is 1. The summed E-state index contributed by atoms with van der Waals surface area (Å²) in [7, 11) is 0. The molecule has 30 heavy (non-hydrogen) atoms. The third kappa shape index (κ3) is 3.57. The number of ketones is 1. The number of hydrogen-bond donors (Lipinski definition) is 1.